The van der Waals surface area contributed by atoms with Crippen LogP contribution in [0, 0.1) is 6.57 Å². The third-order valence-electron chi connectivity index (χ3n) is 12.2. The lowest BCUT2D eigenvalue weighted by Gasteiger charge is -2.17. The minimum absolute atomic E-state index is 0.522. The summed E-state index contributed by atoms with van der Waals surface area (Å²) in [6.45, 7) is 7.83. The van der Waals surface area contributed by atoms with Gasteiger partial charge in [0.15, 0.2) is 17.3 Å². The minimum atomic E-state index is 0.522. The van der Waals surface area contributed by atoms with Crippen molar-refractivity contribution in [3.63, 3.8) is 0 Å². The zero-order valence-electron chi connectivity index (χ0n) is 34.5. The second-order valence-corrected chi connectivity index (χ2v) is 15.9. The summed E-state index contributed by atoms with van der Waals surface area (Å²) in [5.41, 5.74) is 13.9. The van der Waals surface area contributed by atoms with E-state index in [1.165, 1.54) is 0 Å². The van der Waals surface area contributed by atoms with Crippen LogP contribution in [0.25, 0.3) is 116 Å². The Balaban J connectivity index is 1.13. The van der Waals surface area contributed by atoms with E-state index in [2.05, 4.69) is 184 Å². The first kappa shape index (κ1) is 36.9. The third-order valence-corrected chi connectivity index (χ3v) is 12.2. The van der Waals surface area contributed by atoms with Crippen LogP contribution in [0.3, 0.4) is 0 Å². The molecule has 298 valence electrons. The Labute approximate surface area is 369 Å². The Kier molecular flexibility index (Phi) is 8.77. The average Bonchev–Trinajstić information content (AvgIpc) is 3.90. The van der Waals surface area contributed by atoms with E-state index in [9.17, 15) is 0 Å². The summed E-state index contributed by atoms with van der Waals surface area (Å²) in [6.07, 6.45) is 0. The van der Waals surface area contributed by atoms with Crippen molar-refractivity contribution in [1.82, 2.24) is 24.1 Å². The van der Waals surface area contributed by atoms with Crippen molar-refractivity contribution in [3.05, 3.63) is 230 Å². The van der Waals surface area contributed by atoms with E-state index in [0.717, 1.165) is 93.8 Å². The molecule has 0 N–H and O–H groups in total. The van der Waals surface area contributed by atoms with Crippen molar-refractivity contribution >= 4 is 49.3 Å². The summed E-state index contributed by atoms with van der Waals surface area (Å²) in [7, 11) is 0. The summed E-state index contributed by atoms with van der Waals surface area (Å²) < 4.78 is 4.54. The van der Waals surface area contributed by atoms with Crippen LogP contribution in [0.5, 0.6) is 0 Å². The molecule has 0 spiro atoms. The molecule has 64 heavy (non-hydrogen) atoms. The number of nitrogens with zero attached hydrogens (tertiary/aromatic N) is 6. The lowest BCUT2D eigenvalue weighted by atomic mass is 9.97. The molecule has 0 atom stereocenters. The molecule has 0 saturated carbocycles. The van der Waals surface area contributed by atoms with Gasteiger partial charge in [0.1, 0.15) is 0 Å². The van der Waals surface area contributed by atoms with E-state index in [-0.39, 0.29) is 0 Å². The summed E-state index contributed by atoms with van der Waals surface area (Å²) in [4.78, 5) is 19.8. The SMILES string of the molecule is [C-]#[N+]c1cccc(-c2ccc(-c3nc(-c4ccccc4)nc(-n4c5ccccc5c5cccc(-c6cccc(-c7ccccc7)c6)c54)n3)cc2-n2c3ccccc3c3ccccc32)c1. The van der Waals surface area contributed by atoms with Gasteiger partial charge in [0.2, 0.25) is 5.95 Å². The predicted molar refractivity (Wildman–Crippen MR) is 262 cm³/mol. The summed E-state index contributed by atoms with van der Waals surface area (Å²) in [5, 5.41) is 4.55. The van der Waals surface area contributed by atoms with Gasteiger partial charge in [0.05, 0.1) is 34.3 Å². The summed E-state index contributed by atoms with van der Waals surface area (Å²) in [6, 6.07) is 75.8. The minimum Gasteiger partial charge on any atom is -0.309 e. The number of hydrogen-bond donors (Lipinski definition) is 0. The molecule has 6 heteroatoms. The number of benzene rings is 9. The molecule has 0 unspecified atom stereocenters. The molecular formula is C58H36N6. The van der Waals surface area contributed by atoms with E-state index < -0.39 is 0 Å². The lowest BCUT2D eigenvalue weighted by molar-refractivity contribution is 0.953. The van der Waals surface area contributed by atoms with Crippen molar-refractivity contribution in [3.8, 4) is 67.8 Å². The van der Waals surface area contributed by atoms with Crippen molar-refractivity contribution in [2.24, 2.45) is 0 Å². The van der Waals surface area contributed by atoms with Crippen molar-refractivity contribution < 1.29 is 0 Å². The number of para-hydroxylation sites is 4. The Morgan fingerprint density at radius 1 is 0.344 bits per heavy atom. The van der Waals surface area contributed by atoms with Crippen LogP contribution in [0.15, 0.2) is 218 Å². The highest BCUT2D eigenvalue weighted by Crippen LogP contribution is 2.41. The number of aromatic nitrogens is 5. The van der Waals surface area contributed by atoms with Crippen LogP contribution in [0.1, 0.15) is 0 Å². The highest BCUT2D eigenvalue weighted by atomic mass is 15.2. The Hall–Kier alpha value is -8.92. The Morgan fingerprint density at radius 2 is 0.859 bits per heavy atom. The average molecular weight is 817 g/mol. The van der Waals surface area contributed by atoms with E-state index >= 15 is 0 Å². The molecular weight excluding hydrogens is 781 g/mol. The van der Waals surface area contributed by atoms with Crippen LogP contribution in [-0.2, 0) is 0 Å². The zero-order chi connectivity index (χ0) is 42.6. The number of fused-ring (bicyclic) bond motifs is 6. The topological polar surface area (TPSA) is 52.9 Å². The molecule has 0 aliphatic rings. The molecule has 3 aromatic heterocycles. The monoisotopic (exact) mass is 816 g/mol. The molecule has 0 aliphatic heterocycles. The molecule has 3 heterocycles. The first-order chi connectivity index (χ1) is 31.7. The van der Waals surface area contributed by atoms with Crippen molar-refractivity contribution in [2.45, 2.75) is 0 Å². The van der Waals surface area contributed by atoms with E-state index in [1.54, 1.807) is 0 Å². The lowest BCUT2D eigenvalue weighted by Crippen LogP contribution is -2.07. The van der Waals surface area contributed by atoms with Gasteiger partial charge >= 0.3 is 0 Å². The van der Waals surface area contributed by atoms with E-state index in [4.69, 9.17) is 21.5 Å². The fourth-order valence-corrected chi connectivity index (χ4v) is 9.29. The molecule has 9 aromatic carbocycles. The predicted octanol–water partition coefficient (Wildman–Crippen LogP) is 15.0. The smallest absolute Gasteiger partial charge is 0.238 e. The van der Waals surface area contributed by atoms with Crippen LogP contribution < -0.4 is 0 Å². The normalized spacial score (nSPS) is 11.4. The molecule has 0 radical (unpaired) electrons. The van der Waals surface area contributed by atoms with Gasteiger partial charge < -0.3 is 4.57 Å². The summed E-state index contributed by atoms with van der Waals surface area (Å²) in [5.74, 6) is 1.64. The van der Waals surface area contributed by atoms with Gasteiger partial charge in [-0.15, -0.1) is 0 Å². The largest absolute Gasteiger partial charge is 0.309 e. The van der Waals surface area contributed by atoms with Gasteiger partial charge in [0.25, 0.3) is 0 Å². The standard InChI is InChI=1S/C58H36N6/c1-59-44-24-15-23-42(36-44)45-34-33-43(37-54(45)63-51-30-11-8-25-47(51)48-26-9-12-31-52(48)63)57-60-56(39-19-6-3-7-20-39)61-58(62-57)64-53-32-13-10-27-49(53)50-29-16-28-46(55(50)64)41-22-14-21-40(35-41)38-17-4-2-5-18-38/h2-37H. The van der Waals surface area contributed by atoms with Crippen molar-refractivity contribution in [1.29, 1.82) is 0 Å². The summed E-state index contributed by atoms with van der Waals surface area (Å²) >= 11 is 0. The fourth-order valence-electron chi connectivity index (χ4n) is 9.29. The highest BCUT2D eigenvalue weighted by molar-refractivity contribution is 6.14. The molecule has 6 nitrogen and oxygen atoms in total. The van der Waals surface area contributed by atoms with Gasteiger partial charge in [-0.25, -0.2) is 9.83 Å². The van der Waals surface area contributed by atoms with E-state index in [1.807, 2.05) is 48.5 Å². The molecule has 0 amide bonds. The van der Waals surface area contributed by atoms with Gasteiger partial charge in [-0.05, 0) is 58.7 Å². The molecule has 0 aliphatic carbocycles. The molecule has 12 aromatic rings. The highest BCUT2D eigenvalue weighted by Gasteiger charge is 2.22. The Bertz CT molecular complexity index is 3750. The van der Waals surface area contributed by atoms with Crippen LogP contribution >= 0.6 is 0 Å². The number of rotatable bonds is 7. The second kappa shape index (κ2) is 15.2. The molecule has 0 saturated heterocycles. The maximum atomic E-state index is 7.83. The fraction of sp³-hybridized carbons (Fsp3) is 0. The van der Waals surface area contributed by atoms with Crippen molar-refractivity contribution in [2.75, 3.05) is 0 Å². The third kappa shape index (κ3) is 6.14. The van der Waals surface area contributed by atoms with Crippen LogP contribution in [-0.4, -0.2) is 24.1 Å². The molecule has 12 rings (SSSR count). The van der Waals surface area contributed by atoms with E-state index in [0.29, 0.717) is 23.3 Å². The van der Waals surface area contributed by atoms with Gasteiger partial charge in [-0.3, -0.25) is 4.57 Å². The van der Waals surface area contributed by atoms with Crippen LogP contribution in [0.4, 0.5) is 5.69 Å². The van der Waals surface area contributed by atoms with Gasteiger partial charge in [-0.1, -0.05) is 182 Å². The quantitative estimate of drug-likeness (QED) is 0.151. The number of hydrogen-bond acceptors (Lipinski definition) is 3. The first-order valence-corrected chi connectivity index (χ1v) is 21.3. The molecule has 0 bridgehead atoms. The van der Waals surface area contributed by atoms with Gasteiger partial charge in [0, 0.05) is 43.8 Å². The second-order valence-electron chi connectivity index (χ2n) is 15.9. The first-order valence-electron chi connectivity index (χ1n) is 21.3. The zero-order valence-corrected chi connectivity index (χ0v) is 34.5. The molecule has 0 fully saturated rings. The van der Waals surface area contributed by atoms with Crippen LogP contribution in [0.2, 0.25) is 0 Å². The Morgan fingerprint density at radius 3 is 1.55 bits per heavy atom. The maximum absolute atomic E-state index is 7.83. The van der Waals surface area contributed by atoms with Gasteiger partial charge in [-0.2, -0.15) is 9.97 Å². The maximum Gasteiger partial charge on any atom is 0.238 e.